The molecule has 4 aromatic rings. The largest absolute Gasteiger partial charge is 0.496 e. The SMILES string of the molecule is COc1cc(C(=O)N2CCOCC2)ccc1Nc1nc2cccc(OC)c2c2cn[nH]c12. The van der Waals surface area contributed by atoms with Crippen molar-refractivity contribution >= 4 is 39.2 Å². The Labute approximate surface area is 184 Å². The molecule has 32 heavy (non-hydrogen) atoms. The Morgan fingerprint density at radius 2 is 1.94 bits per heavy atom. The number of ether oxygens (including phenoxy) is 3. The van der Waals surface area contributed by atoms with Crippen molar-refractivity contribution in [2.45, 2.75) is 0 Å². The number of hydrogen-bond donors (Lipinski definition) is 2. The molecular weight excluding hydrogens is 410 g/mol. The van der Waals surface area contributed by atoms with E-state index in [2.05, 4.69) is 15.5 Å². The third-order valence-corrected chi connectivity index (χ3v) is 5.60. The first-order chi connectivity index (χ1) is 15.7. The number of aromatic nitrogens is 3. The van der Waals surface area contributed by atoms with E-state index in [0.717, 1.165) is 27.6 Å². The summed E-state index contributed by atoms with van der Waals surface area (Å²) in [6.45, 7) is 2.29. The van der Waals surface area contributed by atoms with Crippen LogP contribution in [0, 0.1) is 0 Å². The van der Waals surface area contributed by atoms with Crippen molar-refractivity contribution in [2.24, 2.45) is 0 Å². The fourth-order valence-electron chi connectivity index (χ4n) is 3.98. The van der Waals surface area contributed by atoms with Crippen LogP contribution in [0.15, 0.2) is 42.6 Å². The number of fused-ring (bicyclic) bond motifs is 3. The van der Waals surface area contributed by atoms with E-state index < -0.39 is 0 Å². The van der Waals surface area contributed by atoms with E-state index in [-0.39, 0.29) is 5.91 Å². The van der Waals surface area contributed by atoms with Gasteiger partial charge in [-0.25, -0.2) is 4.98 Å². The number of benzene rings is 2. The van der Waals surface area contributed by atoms with Gasteiger partial charge in [0, 0.05) is 24.0 Å². The fraction of sp³-hybridized carbons (Fsp3) is 0.261. The third kappa shape index (κ3) is 3.46. The van der Waals surface area contributed by atoms with Crippen molar-refractivity contribution in [3.05, 3.63) is 48.2 Å². The number of morpholine rings is 1. The summed E-state index contributed by atoms with van der Waals surface area (Å²) in [5.74, 6) is 1.84. The fourth-order valence-corrected chi connectivity index (χ4v) is 3.98. The molecule has 9 nitrogen and oxygen atoms in total. The van der Waals surface area contributed by atoms with Crippen LogP contribution in [-0.2, 0) is 4.74 Å². The van der Waals surface area contributed by atoms with Crippen LogP contribution in [0.5, 0.6) is 11.5 Å². The van der Waals surface area contributed by atoms with Crippen LogP contribution in [0.1, 0.15) is 10.4 Å². The van der Waals surface area contributed by atoms with Crippen LogP contribution in [0.2, 0.25) is 0 Å². The molecule has 2 aromatic heterocycles. The topological polar surface area (TPSA) is 102 Å². The minimum absolute atomic E-state index is 0.0370. The van der Waals surface area contributed by atoms with Gasteiger partial charge in [-0.3, -0.25) is 9.89 Å². The van der Waals surface area contributed by atoms with Gasteiger partial charge < -0.3 is 24.4 Å². The summed E-state index contributed by atoms with van der Waals surface area (Å²) in [6.07, 6.45) is 1.76. The number of rotatable bonds is 5. The van der Waals surface area contributed by atoms with Gasteiger partial charge >= 0.3 is 0 Å². The van der Waals surface area contributed by atoms with E-state index in [1.807, 2.05) is 24.3 Å². The molecular formula is C23H23N5O4. The molecule has 0 unspecified atom stereocenters. The van der Waals surface area contributed by atoms with Crippen molar-refractivity contribution < 1.29 is 19.0 Å². The summed E-state index contributed by atoms with van der Waals surface area (Å²) in [5.41, 5.74) is 2.78. The van der Waals surface area contributed by atoms with E-state index in [4.69, 9.17) is 19.2 Å². The lowest BCUT2D eigenvalue weighted by atomic mass is 10.1. The zero-order valence-corrected chi connectivity index (χ0v) is 17.8. The van der Waals surface area contributed by atoms with Crippen LogP contribution in [0.25, 0.3) is 21.8 Å². The molecule has 1 saturated heterocycles. The summed E-state index contributed by atoms with van der Waals surface area (Å²) in [5, 5.41) is 12.3. The lowest BCUT2D eigenvalue weighted by Crippen LogP contribution is -2.40. The standard InChI is InChI=1S/C23H23N5O4/c1-30-18-5-3-4-17-20(18)15-13-24-27-21(15)22(26-17)25-16-7-6-14(12-19(16)31-2)23(29)28-8-10-32-11-9-28/h3-7,12-13H,8-11H2,1-2H3,(H,24,27)(H,25,26). The van der Waals surface area contributed by atoms with E-state index in [0.29, 0.717) is 49.1 Å². The molecule has 3 heterocycles. The number of hydrogen-bond acceptors (Lipinski definition) is 7. The Morgan fingerprint density at radius 1 is 1.12 bits per heavy atom. The Morgan fingerprint density at radius 3 is 2.72 bits per heavy atom. The number of nitrogens with zero attached hydrogens (tertiary/aromatic N) is 3. The number of pyridine rings is 1. The van der Waals surface area contributed by atoms with Gasteiger partial charge in [-0.2, -0.15) is 5.10 Å². The molecule has 9 heteroatoms. The number of H-pyrrole nitrogens is 1. The normalized spacial score (nSPS) is 14.0. The van der Waals surface area contributed by atoms with Gasteiger partial charge in [0.05, 0.1) is 50.2 Å². The van der Waals surface area contributed by atoms with Crippen LogP contribution < -0.4 is 14.8 Å². The van der Waals surface area contributed by atoms with E-state index >= 15 is 0 Å². The van der Waals surface area contributed by atoms with Gasteiger partial charge in [-0.15, -0.1) is 0 Å². The Balaban J connectivity index is 1.52. The van der Waals surface area contributed by atoms with E-state index in [1.54, 1.807) is 37.4 Å². The molecule has 0 spiro atoms. The molecule has 1 amide bonds. The molecule has 5 rings (SSSR count). The Bertz CT molecular complexity index is 1300. The minimum Gasteiger partial charge on any atom is -0.496 e. The highest BCUT2D eigenvalue weighted by Crippen LogP contribution is 2.36. The zero-order valence-electron chi connectivity index (χ0n) is 17.8. The minimum atomic E-state index is -0.0370. The van der Waals surface area contributed by atoms with Gasteiger partial charge in [-0.1, -0.05) is 6.07 Å². The molecule has 0 atom stereocenters. The number of carbonyl (C=O) groups is 1. The van der Waals surface area contributed by atoms with E-state index in [9.17, 15) is 4.79 Å². The molecule has 164 valence electrons. The summed E-state index contributed by atoms with van der Waals surface area (Å²) < 4.78 is 16.4. The van der Waals surface area contributed by atoms with Crippen LogP contribution >= 0.6 is 0 Å². The summed E-state index contributed by atoms with van der Waals surface area (Å²) in [6, 6.07) is 11.1. The molecule has 2 N–H and O–H groups in total. The van der Waals surface area contributed by atoms with Crippen molar-refractivity contribution in [1.82, 2.24) is 20.1 Å². The predicted octanol–water partition coefficient (Wildman–Crippen LogP) is 3.34. The van der Waals surface area contributed by atoms with Gasteiger partial charge in [0.15, 0.2) is 5.82 Å². The first kappa shape index (κ1) is 20.1. The molecule has 2 aromatic carbocycles. The molecule has 1 aliphatic rings. The van der Waals surface area contributed by atoms with Gasteiger partial charge in [0.1, 0.15) is 17.0 Å². The van der Waals surface area contributed by atoms with Crippen molar-refractivity contribution in [1.29, 1.82) is 0 Å². The second-order valence-electron chi connectivity index (χ2n) is 7.42. The first-order valence-corrected chi connectivity index (χ1v) is 10.3. The Hall–Kier alpha value is -3.85. The van der Waals surface area contributed by atoms with Crippen molar-refractivity contribution in [2.75, 3.05) is 45.8 Å². The molecule has 0 bridgehead atoms. The highest BCUT2D eigenvalue weighted by Gasteiger charge is 2.20. The number of methoxy groups -OCH3 is 2. The average molecular weight is 433 g/mol. The molecule has 0 aliphatic carbocycles. The van der Waals surface area contributed by atoms with Crippen molar-refractivity contribution in [3.8, 4) is 11.5 Å². The second kappa shape index (κ2) is 8.35. The van der Waals surface area contributed by atoms with Crippen molar-refractivity contribution in [3.63, 3.8) is 0 Å². The lowest BCUT2D eigenvalue weighted by Gasteiger charge is -2.27. The average Bonchev–Trinajstić information content (AvgIpc) is 3.34. The number of nitrogens with one attached hydrogen (secondary N) is 2. The molecule has 0 radical (unpaired) electrons. The zero-order chi connectivity index (χ0) is 22.1. The third-order valence-electron chi connectivity index (χ3n) is 5.60. The number of anilines is 2. The monoisotopic (exact) mass is 433 g/mol. The lowest BCUT2D eigenvalue weighted by molar-refractivity contribution is 0.0302. The molecule has 0 saturated carbocycles. The number of carbonyl (C=O) groups excluding carboxylic acids is 1. The van der Waals surface area contributed by atoms with Crippen LogP contribution in [-0.4, -0.2) is 66.5 Å². The quantitative estimate of drug-likeness (QED) is 0.498. The van der Waals surface area contributed by atoms with Gasteiger partial charge in [-0.05, 0) is 30.3 Å². The van der Waals surface area contributed by atoms with Crippen LogP contribution in [0.3, 0.4) is 0 Å². The molecule has 1 aliphatic heterocycles. The first-order valence-electron chi connectivity index (χ1n) is 10.3. The highest BCUT2D eigenvalue weighted by atomic mass is 16.5. The maximum absolute atomic E-state index is 12.8. The molecule has 1 fully saturated rings. The smallest absolute Gasteiger partial charge is 0.254 e. The van der Waals surface area contributed by atoms with E-state index in [1.165, 1.54) is 0 Å². The second-order valence-corrected chi connectivity index (χ2v) is 7.42. The number of aromatic amines is 1. The summed E-state index contributed by atoms with van der Waals surface area (Å²) in [7, 11) is 3.21. The van der Waals surface area contributed by atoms with Crippen LogP contribution in [0.4, 0.5) is 11.5 Å². The van der Waals surface area contributed by atoms with Gasteiger partial charge in [0.2, 0.25) is 0 Å². The maximum Gasteiger partial charge on any atom is 0.254 e. The maximum atomic E-state index is 12.8. The summed E-state index contributed by atoms with van der Waals surface area (Å²) >= 11 is 0. The summed E-state index contributed by atoms with van der Waals surface area (Å²) in [4.78, 5) is 19.4. The number of amides is 1. The predicted molar refractivity (Wildman–Crippen MR) is 121 cm³/mol. The Kier molecular flexibility index (Phi) is 5.24. The van der Waals surface area contributed by atoms with Gasteiger partial charge in [0.25, 0.3) is 5.91 Å². The highest BCUT2D eigenvalue weighted by molar-refractivity contribution is 6.11.